The molecular weight excluding hydrogens is 240 g/mol. The van der Waals surface area contributed by atoms with Gasteiger partial charge < -0.3 is 10.3 Å². The van der Waals surface area contributed by atoms with E-state index in [2.05, 4.69) is 18.6 Å². The monoisotopic (exact) mass is 260 g/mol. The zero-order valence-electron chi connectivity index (χ0n) is 11.9. The Morgan fingerprint density at radius 3 is 2.32 bits per heavy atom. The van der Waals surface area contributed by atoms with E-state index in [1.165, 1.54) is 6.92 Å². The molecule has 0 spiro atoms. The Labute approximate surface area is 114 Å². The lowest BCUT2D eigenvalue weighted by Gasteiger charge is -2.20. The highest BCUT2D eigenvalue weighted by Crippen LogP contribution is 2.29. The summed E-state index contributed by atoms with van der Waals surface area (Å²) in [6.45, 7) is 5.68. The maximum absolute atomic E-state index is 11.9. The van der Waals surface area contributed by atoms with Gasteiger partial charge in [0.2, 0.25) is 5.78 Å². The Hall–Kier alpha value is -1.93. The molecule has 1 aromatic rings. The fourth-order valence-electron chi connectivity index (χ4n) is 1.99. The number of nitrogens with zero attached hydrogens (tertiary/aromatic N) is 2. The Bertz CT molecular complexity index is 485. The molecule has 0 aliphatic rings. The molecule has 0 N–H and O–H groups in total. The van der Waals surface area contributed by atoms with Crippen LogP contribution in [0.1, 0.15) is 38.7 Å². The summed E-state index contributed by atoms with van der Waals surface area (Å²) in [4.78, 5) is 14.8. The first kappa shape index (κ1) is 15.1. The van der Waals surface area contributed by atoms with Crippen LogP contribution in [0.25, 0.3) is 5.53 Å². The van der Waals surface area contributed by atoms with Crippen molar-refractivity contribution in [2.45, 2.75) is 33.1 Å². The van der Waals surface area contributed by atoms with Crippen LogP contribution < -0.4 is 4.74 Å². The van der Waals surface area contributed by atoms with Crippen LogP contribution in [0.4, 0.5) is 0 Å². The van der Waals surface area contributed by atoms with E-state index in [1.54, 1.807) is 7.11 Å². The fourth-order valence-corrected chi connectivity index (χ4v) is 1.99. The molecule has 4 heteroatoms. The molecule has 1 aromatic carbocycles. The predicted molar refractivity (Wildman–Crippen MR) is 74.5 cm³/mol. The van der Waals surface area contributed by atoms with Gasteiger partial charge in [0.1, 0.15) is 5.75 Å². The zero-order chi connectivity index (χ0) is 14.4. The Morgan fingerprint density at radius 2 is 1.89 bits per heavy atom. The fraction of sp³-hybridized carbons (Fsp3) is 0.467. The number of benzene rings is 1. The molecule has 0 aliphatic carbocycles. The van der Waals surface area contributed by atoms with Gasteiger partial charge in [-0.25, -0.2) is 0 Å². The molecule has 0 aliphatic heterocycles. The highest BCUT2D eigenvalue weighted by atomic mass is 16.5. The summed E-state index contributed by atoms with van der Waals surface area (Å²) in [5, 5.41) is 0. The molecular formula is C15H20N2O2. The quantitative estimate of drug-likeness (QED) is 0.448. The van der Waals surface area contributed by atoms with E-state index in [1.807, 2.05) is 24.3 Å². The molecule has 0 bridgehead atoms. The summed E-state index contributed by atoms with van der Waals surface area (Å²) in [5.41, 5.74) is 9.89. The number of carbonyl (C=O) groups is 1. The molecule has 0 amide bonds. The van der Waals surface area contributed by atoms with E-state index in [0.717, 1.165) is 11.3 Å². The normalized spacial score (nSPS) is 11.8. The highest BCUT2D eigenvalue weighted by Gasteiger charge is 2.23. The van der Waals surface area contributed by atoms with Crippen LogP contribution in [-0.4, -0.2) is 23.4 Å². The standard InChI is InChI=1S/C15H20N2O2/c1-10(2)14(9-15(18)11(3)17-16)12-5-7-13(19-4)8-6-12/h5-8,10,14H,9H2,1-4H3/t14-/m0/s1. The van der Waals surface area contributed by atoms with Crippen molar-refractivity contribution in [3.05, 3.63) is 35.4 Å². The van der Waals surface area contributed by atoms with Gasteiger partial charge in [0.25, 0.3) is 0 Å². The average Bonchev–Trinajstić information content (AvgIpc) is 2.43. The summed E-state index contributed by atoms with van der Waals surface area (Å²) >= 11 is 0. The van der Waals surface area contributed by atoms with Crippen molar-refractivity contribution < 1.29 is 14.3 Å². The van der Waals surface area contributed by atoms with E-state index in [9.17, 15) is 4.79 Å². The number of hydrogen-bond acceptors (Lipinski definition) is 2. The Kier molecular flexibility index (Phi) is 5.46. The molecule has 0 aromatic heterocycles. The van der Waals surface area contributed by atoms with E-state index in [-0.39, 0.29) is 17.4 Å². The minimum absolute atomic E-state index is 0.107. The summed E-state index contributed by atoms with van der Waals surface area (Å²) < 4.78 is 5.13. The van der Waals surface area contributed by atoms with Gasteiger partial charge >= 0.3 is 5.71 Å². The van der Waals surface area contributed by atoms with Crippen molar-refractivity contribution in [3.8, 4) is 5.75 Å². The molecule has 19 heavy (non-hydrogen) atoms. The van der Waals surface area contributed by atoms with Gasteiger partial charge in [-0.1, -0.05) is 26.0 Å². The van der Waals surface area contributed by atoms with Crippen molar-refractivity contribution >= 4 is 11.5 Å². The van der Waals surface area contributed by atoms with Gasteiger partial charge in [0.15, 0.2) is 0 Å². The molecule has 1 atom stereocenters. The van der Waals surface area contributed by atoms with Crippen molar-refractivity contribution in [2.75, 3.05) is 7.11 Å². The van der Waals surface area contributed by atoms with Crippen LogP contribution in [0, 0.1) is 5.92 Å². The zero-order valence-corrected chi connectivity index (χ0v) is 11.9. The molecule has 0 saturated heterocycles. The van der Waals surface area contributed by atoms with Gasteiger partial charge in [-0.3, -0.25) is 4.79 Å². The van der Waals surface area contributed by atoms with E-state index < -0.39 is 0 Å². The van der Waals surface area contributed by atoms with Gasteiger partial charge in [-0.2, -0.15) is 4.79 Å². The van der Waals surface area contributed by atoms with Gasteiger partial charge in [0, 0.05) is 13.3 Å². The van der Waals surface area contributed by atoms with E-state index >= 15 is 0 Å². The third kappa shape index (κ3) is 4.04. The SMILES string of the molecule is COc1ccc([C@@H](CC(=O)C(C)=[N+]=[N-])C(C)C)cc1. The largest absolute Gasteiger partial charge is 0.497 e. The van der Waals surface area contributed by atoms with Crippen molar-refractivity contribution in [1.29, 1.82) is 0 Å². The number of methoxy groups -OCH3 is 1. The number of rotatable bonds is 6. The lowest BCUT2D eigenvalue weighted by Crippen LogP contribution is -2.18. The first-order valence-corrected chi connectivity index (χ1v) is 6.35. The lowest BCUT2D eigenvalue weighted by atomic mass is 9.84. The Balaban J connectivity index is 2.94. The van der Waals surface area contributed by atoms with Crippen molar-refractivity contribution in [2.24, 2.45) is 5.92 Å². The summed E-state index contributed by atoms with van der Waals surface area (Å²) in [6, 6.07) is 7.73. The maximum Gasteiger partial charge on any atom is 0.331 e. The second-order valence-electron chi connectivity index (χ2n) is 4.94. The van der Waals surface area contributed by atoms with Crippen LogP contribution in [0.15, 0.2) is 24.3 Å². The van der Waals surface area contributed by atoms with Crippen LogP contribution in [0.5, 0.6) is 5.75 Å². The second-order valence-corrected chi connectivity index (χ2v) is 4.94. The van der Waals surface area contributed by atoms with Gasteiger partial charge in [-0.15, -0.1) is 0 Å². The maximum atomic E-state index is 11.9. The third-order valence-corrected chi connectivity index (χ3v) is 3.31. The second kappa shape index (κ2) is 6.86. The number of Topliss-reactive ketones (excluding diaryl/α,β-unsaturated/α-hetero) is 1. The molecule has 4 nitrogen and oxygen atoms in total. The van der Waals surface area contributed by atoms with E-state index in [0.29, 0.717) is 12.3 Å². The lowest BCUT2D eigenvalue weighted by molar-refractivity contribution is -0.117. The minimum Gasteiger partial charge on any atom is -0.497 e. The summed E-state index contributed by atoms with van der Waals surface area (Å²) in [5.74, 6) is 1.10. The first-order valence-electron chi connectivity index (χ1n) is 6.35. The molecule has 0 fully saturated rings. The molecule has 0 saturated carbocycles. The molecule has 1 rings (SSSR count). The molecule has 0 unspecified atom stereocenters. The molecule has 102 valence electrons. The third-order valence-electron chi connectivity index (χ3n) is 3.31. The predicted octanol–water partition coefficient (Wildman–Crippen LogP) is 3.08. The number of ketones is 1. The number of hydrogen-bond donors (Lipinski definition) is 0. The van der Waals surface area contributed by atoms with Crippen molar-refractivity contribution in [1.82, 2.24) is 0 Å². The highest BCUT2D eigenvalue weighted by molar-refractivity contribution is 6.36. The van der Waals surface area contributed by atoms with Crippen LogP contribution in [0.2, 0.25) is 0 Å². The number of ether oxygens (including phenoxy) is 1. The van der Waals surface area contributed by atoms with Crippen LogP contribution in [0.3, 0.4) is 0 Å². The summed E-state index contributed by atoms with van der Waals surface area (Å²) in [6.07, 6.45) is 0.347. The van der Waals surface area contributed by atoms with Gasteiger partial charge in [-0.05, 0) is 29.5 Å². The molecule has 0 heterocycles. The van der Waals surface area contributed by atoms with Crippen molar-refractivity contribution in [3.63, 3.8) is 0 Å². The summed E-state index contributed by atoms with van der Waals surface area (Å²) in [7, 11) is 1.62. The minimum atomic E-state index is -0.128. The van der Waals surface area contributed by atoms with Gasteiger partial charge in [0.05, 0.1) is 7.11 Å². The van der Waals surface area contributed by atoms with E-state index in [4.69, 9.17) is 10.3 Å². The Morgan fingerprint density at radius 1 is 1.32 bits per heavy atom. The topological polar surface area (TPSA) is 62.7 Å². The number of carbonyl (C=O) groups excluding carboxylic acids is 1. The van der Waals surface area contributed by atoms with Crippen LogP contribution >= 0.6 is 0 Å². The first-order chi connectivity index (χ1) is 8.99. The van der Waals surface area contributed by atoms with Crippen LogP contribution in [-0.2, 0) is 4.79 Å². The smallest absolute Gasteiger partial charge is 0.331 e. The molecule has 0 radical (unpaired) electrons. The average molecular weight is 260 g/mol.